The Kier molecular flexibility index (Phi) is 3.72. The lowest BCUT2D eigenvalue weighted by Gasteiger charge is -2.10. The fourth-order valence-electron chi connectivity index (χ4n) is 1.48. The number of aromatic nitrogens is 1. The molecule has 0 amide bonds. The molecule has 2 rings (SSSR count). The van der Waals surface area contributed by atoms with Gasteiger partial charge in [-0.2, -0.15) is 0 Å². The molecule has 0 aliphatic heterocycles. The van der Waals surface area contributed by atoms with E-state index in [0.29, 0.717) is 11.4 Å². The summed E-state index contributed by atoms with van der Waals surface area (Å²) in [4.78, 5) is 0.0210. The van der Waals surface area contributed by atoms with Gasteiger partial charge < -0.3 is 15.0 Å². The van der Waals surface area contributed by atoms with Gasteiger partial charge in [0.25, 0.3) is 0 Å². The molecule has 0 saturated carbocycles. The van der Waals surface area contributed by atoms with Crippen molar-refractivity contribution in [3.05, 3.63) is 36.2 Å². The van der Waals surface area contributed by atoms with Crippen LogP contribution < -0.4 is 15.2 Å². The molecule has 0 saturated heterocycles. The highest BCUT2D eigenvalue weighted by Crippen LogP contribution is 2.25. The molecule has 0 aliphatic carbocycles. The number of benzene rings is 1. The van der Waals surface area contributed by atoms with Crippen LogP contribution in [0.5, 0.6) is 5.75 Å². The van der Waals surface area contributed by atoms with Gasteiger partial charge in [-0.3, -0.25) is 0 Å². The maximum atomic E-state index is 12.1. The van der Waals surface area contributed by atoms with Crippen molar-refractivity contribution in [3.63, 3.8) is 0 Å². The number of sulfonamides is 1. The van der Waals surface area contributed by atoms with E-state index in [1.807, 2.05) is 0 Å². The number of hydrogen-bond donors (Lipinski definition) is 2. The predicted molar refractivity (Wildman–Crippen MR) is 67.9 cm³/mol. The van der Waals surface area contributed by atoms with E-state index < -0.39 is 10.0 Å². The fourth-order valence-corrected chi connectivity index (χ4v) is 2.63. The van der Waals surface area contributed by atoms with Gasteiger partial charge in [0.1, 0.15) is 16.9 Å². The van der Waals surface area contributed by atoms with Crippen molar-refractivity contribution in [2.45, 2.75) is 11.4 Å². The van der Waals surface area contributed by atoms with Gasteiger partial charge in [-0.25, -0.2) is 13.1 Å². The topological polar surface area (TPSA) is 107 Å². The summed E-state index contributed by atoms with van der Waals surface area (Å²) in [6.07, 6.45) is 1.37. The molecule has 0 spiro atoms. The molecule has 0 atom stereocenters. The number of nitrogen functional groups attached to an aromatic ring is 1. The molecular weight excluding hydrogens is 270 g/mol. The van der Waals surface area contributed by atoms with Crippen molar-refractivity contribution in [2.24, 2.45) is 0 Å². The Labute approximate surface area is 110 Å². The number of hydrogen-bond acceptors (Lipinski definition) is 6. The van der Waals surface area contributed by atoms with Crippen molar-refractivity contribution in [3.8, 4) is 5.75 Å². The van der Waals surface area contributed by atoms with Crippen LogP contribution >= 0.6 is 0 Å². The van der Waals surface area contributed by atoms with Crippen LogP contribution in [0.2, 0.25) is 0 Å². The third-order valence-electron chi connectivity index (χ3n) is 2.41. The lowest BCUT2D eigenvalue weighted by molar-refractivity contribution is 0.402. The molecule has 0 radical (unpaired) electrons. The quantitative estimate of drug-likeness (QED) is 0.784. The van der Waals surface area contributed by atoms with Gasteiger partial charge in [-0.05, 0) is 12.1 Å². The van der Waals surface area contributed by atoms with Gasteiger partial charge >= 0.3 is 0 Å². The van der Waals surface area contributed by atoms with E-state index in [4.69, 9.17) is 10.5 Å². The van der Waals surface area contributed by atoms with Crippen LogP contribution in [-0.4, -0.2) is 20.7 Å². The van der Waals surface area contributed by atoms with E-state index in [2.05, 4.69) is 14.4 Å². The maximum Gasteiger partial charge on any atom is 0.244 e. The Hall–Kier alpha value is -2.06. The first-order chi connectivity index (χ1) is 9.03. The standard InChI is InChI=1S/C11H13N3O4S/c1-17-10-6-8(12)2-3-11(10)19(15,16)13-7-9-4-5-18-14-9/h2-6,13H,7,12H2,1H3. The highest BCUT2D eigenvalue weighted by atomic mass is 32.2. The molecule has 102 valence electrons. The van der Waals surface area contributed by atoms with Gasteiger partial charge in [0.05, 0.1) is 19.3 Å². The van der Waals surface area contributed by atoms with Crippen LogP contribution in [0.3, 0.4) is 0 Å². The van der Waals surface area contributed by atoms with E-state index in [9.17, 15) is 8.42 Å². The Morgan fingerprint density at radius 3 is 2.84 bits per heavy atom. The Morgan fingerprint density at radius 2 is 2.21 bits per heavy atom. The summed E-state index contributed by atoms with van der Waals surface area (Å²) in [7, 11) is -2.33. The zero-order valence-corrected chi connectivity index (χ0v) is 11.0. The first-order valence-corrected chi connectivity index (χ1v) is 6.83. The normalized spacial score (nSPS) is 11.4. The minimum absolute atomic E-state index is 0.0210. The predicted octanol–water partition coefficient (Wildman–Crippen LogP) is 0.744. The number of rotatable bonds is 5. The SMILES string of the molecule is COc1cc(N)ccc1S(=O)(=O)NCc1ccon1. The minimum Gasteiger partial charge on any atom is -0.495 e. The molecule has 1 aromatic carbocycles. The monoisotopic (exact) mass is 283 g/mol. The third-order valence-corrected chi connectivity index (χ3v) is 3.85. The fraction of sp³-hybridized carbons (Fsp3) is 0.182. The summed E-state index contributed by atoms with van der Waals surface area (Å²) < 4.78 is 36.3. The Bertz CT molecular complexity index is 653. The van der Waals surface area contributed by atoms with Crippen LogP contribution in [-0.2, 0) is 16.6 Å². The number of methoxy groups -OCH3 is 1. The molecule has 0 unspecified atom stereocenters. The van der Waals surface area contributed by atoms with E-state index >= 15 is 0 Å². The average molecular weight is 283 g/mol. The summed E-state index contributed by atoms with van der Waals surface area (Å²) in [6.45, 7) is 0.0341. The maximum absolute atomic E-state index is 12.1. The number of nitrogens with zero attached hydrogens (tertiary/aromatic N) is 1. The van der Waals surface area contributed by atoms with Crippen molar-refractivity contribution in [2.75, 3.05) is 12.8 Å². The second-order valence-corrected chi connectivity index (χ2v) is 5.46. The summed E-state index contributed by atoms with van der Waals surface area (Å²) in [6, 6.07) is 5.90. The lowest BCUT2D eigenvalue weighted by atomic mass is 10.3. The first-order valence-electron chi connectivity index (χ1n) is 5.35. The van der Waals surface area contributed by atoms with Crippen LogP contribution in [0.25, 0.3) is 0 Å². The van der Waals surface area contributed by atoms with Gasteiger partial charge in [0.2, 0.25) is 10.0 Å². The Balaban J connectivity index is 2.24. The number of nitrogens with two attached hydrogens (primary N) is 1. The van der Waals surface area contributed by atoms with Gasteiger partial charge in [0, 0.05) is 17.8 Å². The zero-order chi connectivity index (χ0) is 13.9. The smallest absolute Gasteiger partial charge is 0.244 e. The summed E-state index contributed by atoms with van der Waals surface area (Å²) in [5.74, 6) is 0.188. The summed E-state index contributed by atoms with van der Waals surface area (Å²) >= 11 is 0. The molecule has 0 aliphatic rings. The largest absolute Gasteiger partial charge is 0.495 e. The molecule has 0 fully saturated rings. The average Bonchev–Trinajstić information content (AvgIpc) is 2.89. The Morgan fingerprint density at radius 1 is 1.42 bits per heavy atom. The van der Waals surface area contributed by atoms with E-state index in [1.165, 1.54) is 31.6 Å². The van der Waals surface area contributed by atoms with Crippen molar-refractivity contribution < 1.29 is 17.7 Å². The molecule has 8 heteroatoms. The summed E-state index contributed by atoms with van der Waals surface area (Å²) in [5.41, 5.74) is 6.49. The molecular formula is C11H13N3O4S. The molecule has 3 N–H and O–H groups in total. The van der Waals surface area contributed by atoms with Crippen LogP contribution in [0.15, 0.2) is 39.9 Å². The third kappa shape index (κ3) is 3.04. The van der Waals surface area contributed by atoms with Gasteiger partial charge in [-0.1, -0.05) is 5.16 Å². The highest BCUT2D eigenvalue weighted by molar-refractivity contribution is 7.89. The first kappa shape index (κ1) is 13.4. The molecule has 2 aromatic rings. The van der Waals surface area contributed by atoms with Gasteiger partial charge in [-0.15, -0.1) is 0 Å². The minimum atomic E-state index is -3.71. The molecule has 1 heterocycles. The molecule has 0 bridgehead atoms. The second kappa shape index (κ2) is 5.29. The molecule has 7 nitrogen and oxygen atoms in total. The zero-order valence-electron chi connectivity index (χ0n) is 10.2. The van der Waals surface area contributed by atoms with Gasteiger partial charge in [0.15, 0.2) is 0 Å². The lowest BCUT2D eigenvalue weighted by Crippen LogP contribution is -2.24. The summed E-state index contributed by atoms with van der Waals surface area (Å²) in [5, 5.41) is 3.62. The van der Waals surface area contributed by atoms with E-state index in [0.717, 1.165) is 0 Å². The molecule has 1 aromatic heterocycles. The second-order valence-electron chi connectivity index (χ2n) is 3.73. The van der Waals surface area contributed by atoms with E-state index in [1.54, 1.807) is 6.07 Å². The van der Waals surface area contributed by atoms with Crippen LogP contribution in [0, 0.1) is 0 Å². The van der Waals surface area contributed by atoms with Crippen molar-refractivity contribution in [1.29, 1.82) is 0 Å². The van der Waals surface area contributed by atoms with Crippen LogP contribution in [0.1, 0.15) is 5.69 Å². The highest BCUT2D eigenvalue weighted by Gasteiger charge is 2.19. The molecule has 19 heavy (non-hydrogen) atoms. The number of anilines is 1. The van der Waals surface area contributed by atoms with E-state index in [-0.39, 0.29) is 17.2 Å². The number of nitrogens with one attached hydrogen (secondary N) is 1. The number of ether oxygens (including phenoxy) is 1. The van der Waals surface area contributed by atoms with Crippen molar-refractivity contribution >= 4 is 15.7 Å². The van der Waals surface area contributed by atoms with Crippen molar-refractivity contribution in [1.82, 2.24) is 9.88 Å². The van der Waals surface area contributed by atoms with Crippen LogP contribution in [0.4, 0.5) is 5.69 Å².